The number of hydrogen-bond acceptors (Lipinski definition) is 3. The summed E-state index contributed by atoms with van der Waals surface area (Å²) in [6, 6.07) is -0.395. The molecule has 0 unspecified atom stereocenters. The van der Waals surface area contributed by atoms with Gasteiger partial charge in [-0.15, -0.1) is 0 Å². The van der Waals surface area contributed by atoms with Gasteiger partial charge in [0, 0.05) is 11.7 Å². The summed E-state index contributed by atoms with van der Waals surface area (Å²) in [5.74, 6) is -0.956. The van der Waals surface area contributed by atoms with Crippen LogP contribution in [0.25, 0.3) is 0 Å². The van der Waals surface area contributed by atoms with Crippen molar-refractivity contribution < 1.29 is 16.4 Å². The highest BCUT2D eigenvalue weighted by molar-refractivity contribution is 6.62. The predicted molar refractivity (Wildman–Crippen MR) is 59.9 cm³/mol. The van der Waals surface area contributed by atoms with Gasteiger partial charge in [0.25, 0.3) is 0 Å². The summed E-state index contributed by atoms with van der Waals surface area (Å²) in [5.41, 5.74) is -0.900. The number of hydrogen-bond donors (Lipinski definition) is 0. The maximum atomic E-state index is 13.5. The Hall–Kier alpha value is -0.935. The van der Waals surface area contributed by atoms with E-state index in [1.165, 1.54) is 6.20 Å². The summed E-state index contributed by atoms with van der Waals surface area (Å²) in [7, 11) is -0.829. The molecule has 0 spiro atoms. The van der Waals surface area contributed by atoms with Crippen LogP contribution in [0.3, 0.4) is 0 Å². The molecular weight excluding hydrogens is 208 g/mol. The first-order valence-corrected chi connectivity index (χ1v) is 5.13. The Bertz CT molecular complexity index is 480. The standard InChI is InChI=1S/C11H15BFNO2/c1-10(2)11(3,4)16-12(15-10)8-5-9(13)7-14-6-8/h5-7H,1-4H3/i5D,7D. The summed E-state index contributed by atoms with van der Waals surface area (Å²) < 4.78 is 39.8. The molecule has 0 radical (unpaired) electrons. The van der Waals surface area contributed by atoms with Gasteiger partial charge in [-0.25, -0.2) is 4.39 Å². The van der Waals surface area contributed by atoms with Gasteiger partial charge >= 0.3 is 7.12 Å². The molecule has 0 bridgehead atoms. The SMILES string of the molecule is [2H]c1ncc(B2OC(C)(C)C(C)(C)O2)c([2H])c1F. The first-order chi connectivity index (χ1) is 8.16. The van der Waals surface area contributed by atoms with Gasteiger partial charge in [0.2, 0.25) is 0 Å². The van der Waals surface area contributed by atoms with Gasteiger partial charge in [-0.2, -0.15) is 0 Å². The molecule has 0 aromatic carbocycles. The Kier molecular flexibility index (Phi) is 2.02. The Balaban J connectivity index is 2.39. The van der Waals surface area contributed by atoms with Crippen LogP contribution in [0.5, 0.6) is 0 Å². The zero-order chi connectivity index (χ0) is 13.7. The first-order valence-electron chi connectivity index (χ1n) is 6.13. The molecule has 5 heteroatoms. The highest BCUT2D eigenvalue weighted by atomic mass is 19.1. The van der Waals surface area contributed by atoms with E-state index >= 15 is 0 Å². The third kappa shape index (κ3) is 1.85. The molecule has 0 saturated carbocycles. The van der Waals surface area contributed by atoms with E-state index in [0.29, 0.717) is 0 Å². The Morgan fingerprint density at radius 2 is 1.88 bits per heavy atom. The third-order valence-electron chi connectivity index (χ3n) is 3.13. The van der Waals surface area contributed by atoms with E-state index in [4.69, 9.17) is 12.1 Å². The number of halogens is 1. The highest BCUT2D eigenvalue weighted by Gasteiger charge is 2.51. The Morgan fingerprint density at radius 3 is 2.44 bits per heavy atom. The smallest absolute Gasteiger partial charge is 0.399 e. The van der Waals surface area contributed by atoms with Crippen molar-refractivity contribution >= 4 is 12.6 Å². The summed E-state index contributed by atoms with van der Waals surface area (Å²) in [4.78, 5) is 3.59. The minimum atomic E-state index is -0.956. The molecule has 0 aliphatic carbocycles. The topological polar surface area (TPSA) is 31.4 Å². The predicted octanol–water partition coefficient (Wildman–Crippen LogP) is 1.52. The average Bonchev–Trinajstić information content (AvgIpc) is 2.45. The van der Waals surface area contributed by atoms with E-state index in [-0.39, 0.29) is 5.46 Å². The van der Waals surface area contributed by atoms with E-state index in [1.807, 2.05) is 27.7 Å². The van der Waals surface area contributed by atoms with Crippen molar-refractivity contribution in [3.63, 3.8) is 0 Å². The molecule has 1 fully saturated rings. The van der Waals surface area contributed by atoms with E-state index < -0.39 is 36.4 Å². The summed E-state index contributed by atoms with van der Waals surface area (Å²) in [5, 5.41) is 0. The van der Waals surface area contributed by atoms with Crippen molar-refractivity contribution in [1.29, 1.82) is 0 Å². The van der Waals surface area contributed by atoms with E-state index in [1.54, 1.807) is 0 Å². The van der Waals surface area contributed by atoms with Crippen LogP contribution in [0.2, 0.25) is 0 Å². The quantitative estimate of drug-likeness (QED) is 0.679. The van der Waals surface area contributed by atoms with Gasteiger partial charge in [-0.3, -0.25) is 4.98 Å². The minimum absolute atomic E-state index is 0.210. The van der Waals surface area contributed by atoms with Crippen LogP contribution in [0.1, 0.15) is 30.4 Å². The molecule has 0 amide bonds. The first kappa shape index (κ1) is 9.13. The van der Waals surface area contributed by atoms with Crippen LogP contribution < -0.4 is 5.46 Å². The number of aromatic nitrogens is 1. The lowest BCUT2D eigenvalue weighted by atomic mass is 9.80. The van der Waals surface area contributed by atoms with Crippen LogP contribution in [0.4, 0.5) is 4.39 Å². The van der Waals surface area contributed by atoms with Gasteiger partial charge < -0.3 is 9.31 Å². The van der Waals surface area contributed by atoms with Crippen LogP contribution in [-0.2, 0) is 9.31 Å². The lowest BCUT2D eigenvalue weighted by Crippen LogP contribution is -2.41. The number of pyridine rings is 1. The van der Waals surface area contributed by atoms with Crippen LogP contribution >= 0.6 is 0 Å². The van der Waals surface area contributed by atoms with Crippen molar-refractivity contribution in [2.45, 2.75) is 38.9 Å². The molecule has 16 heavy (non-hydrogen) atoms. The van der Waals surface area contributed by atoms with E-state index in [0.717, 1.165) is 0 Å². The second kappa shape index (κ2) is 3.53. The summed E-state index contributed by atoms with van der Waals surface area (Å²) >= 11 is 0. The summed E-state index contributed by atoms with van der Waals surface area (Å²) in [6.45, 7) is 7.50. The molecule has 1 aliphatic rings. The zero-order valence-corrected chi connectivity index (χ0v) is 9.80. The van der Waals surface area contributed by atoms with Crippen LogP contribution in [-0.4, -0.2) is 23.3 Å². The average molecular weight is 225 g/mol. The lowest BCUT2D eigenvalue weighted by Gasteiger charge is -2.32. The lowest BCUT2D eigenvalue weighted by molar-refractivity contribution is 0.00578. The normalized spacial score (nSPS) is 24.2. The second-order valence-electron chi connectivity index (χ2n) is 4.85. The molecule has 2 heterocycles. The minimum Gasteiger partial charge on any atom is -0.399 e. The van der Waals surface area contributed by atoms with Gasteiger partial charge in [0.15, 0.2) is 0 Å². The second-order valence-corrected chi connectivity index (χ2v) is 4.85. The van der Waals surface area contributed by atoms with Gasteiger partial charge in [0.05, 0.1) is 20.1 Å². The fourth-order valence-electron chi connectivity index (χ4n) is 1.44. The van der Waals surface area contributed by atoms with Crippen molar-refractivity contribution in [3.05, 3.63) is 24.2 Å². The molecule has 3 nitrogen and oxygen atoms in total. The van der Waals surface area contributed by atoms with Crippen LogP contribution in [0, 0.1) is 5.82 Å². The molecule has 2 rings (SSSR count). The molecule has 1 aliphatic heterocycles. The Labute approximate surface area is 97.9 Å². The van der Waals surface area contributed by atoms with E-state index in [2.05, 4.69) is 4.98 Å². The third-order valence-corrected chi connectivity index (χ3v) is 3.13. The maximum Gasteiger partial charge on any atom is 0.496 e. The molecule has 1 aromatic rings. The molecule has 1 aromatic heterocycles. The van der Waals surface area contributed by atoms with Crippen LogP contribution in [0.15, 0.2) is 18.4 Å². The molecule has 1 saturated heterocycles. The molecule has 86 valence electrons. The van der Waals surface area contributed by atoms with Crippen molar-refractivity contribution in [2.75, 3.05) is 0 Å². The van der Waals surface area contributed by atoms with E-state index in [9.17, 15) is 4.39 Å². The van der Waals surface area contributed by atoms with Gasteiger partial charge in [0.1, 0.15) is 5.82 Å². The number of rotatable bonds is 1. The van der Waals surface area contributed by atoms with Crippen molar-refractivity contribution in [2.24, 2.45) is 0 Å². The molecule has 0 atom stereocenters. The molecule has 0 N–H and O–H groups in total. The molecular formula is C11H15BFNO2. The largest absolute Gasteiger partial charge is 0.496 e. The van der Waals surface area contributed by atoms with Crippen molar-refractivity contribution in [3.8, 4) is 0 Å². The zero-order valence-electron chi connectivity index (χ0n) is 11.8. The Morgan fingerprint density at radius 1 is 1.31 bits per heavy atom. The van der Waals surface area contributed by atoms with Crippen molar-refractivity contribution in [1.82, 2.24) is 4.98 Å². The fourth-order valence-corrected chi connectivity index (χ4v) is 1.44. The monoisotopic (exact) mass is 225 g/mol. The fraction of sp³-hybridized carbons (Fsp3) is 0.545. The van der Waals surface area contributed by atoms with Gasteiger partial charge in [-0.1, -0.05) is 0 Å². The number of nitrogens with zero attached hydrogens (tertiary/aromatic N) is 1. The highest BCUT2D eigenvalue weighted by Crippen LogP contribution is 2.36. The maximum absolute atomic E-state index is 13.5. The summed E-state index contributed by atoms with van der Waals surface area (Å²) in [6.07, 6.45) is 0.718. The van der Waals surface area contributed by atoms with Gasteiger partial charge in [-0.05, 0) is 33.7 Å².